The molecule has 0 amide bonds. The van der Waals surface area contributed by atoms with Crippen LogP contribution in [0.5, 0.6) is 0 Å². The van der Waals surface area contributed by atoms with E-state index in [1.807, 2.05) is 24.3 Å². The minimum absolute atomic E-state index is 0.511. The van der Waals surface area contributed by atoms with E-state index < -0.39 is 0 Å². The Morgan fingerprint density at radius 1 is 1.33 bits per heavy atom. The number of nitrogens with zero attached hydrogens (tertiary/aromatic N) is 3. The average Bonchev–Trinajstić information content (AvgIpc) is 3.10. The third-order valence-electron chi connectivity index (χ3n) is 2.48. The standard InChI is InChI=1S/C12H11N5O/c1-2-9(12-17-16-8-18-12)6-10(3-1)15-7-11-13-4-5-14-11/h1-6,8,15H,7H2,(H,13,14). The quantitative estimate of drug-likeness (QED) is 0.731. The molecule has 1 aromatic carbocycles. The third-order valence-corrected chi connectivity index (χ3v) is 2.48. The topological polar surface area (TPSA) is 79.6 Å². The lowest BCUT2D eigenvalue weighted by Gasteiger charge is -2.05. The van der Waals surface area contributed by atoms with Crippen molar-refractivity contribution >= 4 is 5.69 Å². The van der Waals surface area contributed by atoms with Gasteiger partial charge in [0.1, 0.15) is 5.82 Å². The molecule has 18 heavy (non-hydrogen) atoms. The lowest BCUT2D eigenvalue weighted by Crippen LogP contribution is -2.00. The van der Waals surface area contributed by atoms with Crippen LogP contribution in [0.2, 0.25) is 0 Å². The van der Waals surface area contributed by atoms with Crippen LogP contribution in [0.1, 0.15) is 5.82 Å². The van der Waals surface area contributed by atoms with E-state index >= 15 is 0 Å². The van der Waals surface area contributed by atoms with Crippen LogP contribution in [0.3, 0.4) is 0 Å². The number of anilines is 1. The summed E-state index contributed by atoms with van der Waals surface area (Å²) in [5, 5.41) is 10.8. The van der Waals surface area contributed by atoms with Crippen molar-refractivity contribution in [3.63, 3.8) is 0 Å². The first kappa shape index (κ1) is 10.5. The Morgan fingerprint density at radius 3 is 3.11 bits per heavy atom. The Balaban J connectivity index is 1.75. The number of benzene rings is 1. The number of aromatic amines is 1. The molecule has 0 aliphatic rings. The Kier molecular flexibility index (Phi) is 2.75. The second-order valence-corrected chi connectivity index (χ2v) is 3.71. The van der Waals surface area contributed by atoms with Crippen molar-refractivity contribution in [2.45, 2.75) is 6.54 Å². The third kappa shape index (κ3) is 2.22. The number of hydrogen-bond acceptors (Lipinski definition) is 5. The van der Waals surface area contributed by atoms with Crippen LogP contribution in [0.25, 0.3) is 11.5 Å². The first-order valence-electron chi connectivity index (χ1n) is 5.50. The molecular formula is C12H11N5O. The summed E-state index contributed by atoms with van der Waals surface area (Å²) in [6.45, 7) is 0.639. The van der Waals surface area contributed by atoms with Crippen LogP contribution in [0.15, 0.2) is 47.5 Å². The number of hydrogen-bond donors (Lipinski definition) is 2. The molecule has 6 heteroatoms. The molecule has 3 aromatic rings. The van der Waals surface area contributed by atoms with Crippen LogP contribution in [-0.2, 0) is 6.54 Å². The lowest BCUT2D eigenvalue weighted by atomic mass is 10.2. The molecule has 90 valence electrons. The van der Waals surface area contributed by atoms with E-state index in [-0.39, 0.29) is 0 Å². The van der Waals surface area contributed by atoms with Gasteiger partial charge >= 0.3 is 0 Å². The minimum Gasteiger partial charge on any atom is -0.423 e. The zero-order valence-electron chi connectivity index (χ0n) is 9.50. The van der Waals surface area contributed by atoms with E-state index in [1.54, 1.807) is 12.4 Å². The maximum atomic E-state index is 5.16. The van der Waals surface area contributed by atoms with Crippen LogP contribution < -0.4 is 5.32 Å². The van der Waals surface area contributed by atoms with Crippen LogP contribution in [0, 0.1) is 0 Å². The van der Waals surface area contributed by atoms with Gasteiger partial charge in [-0.3, -0.25) is 0 Å². The number of H-pyrrole nitrogens is 1. The van der Waals surface area contributed by atoms with Crippen molar-refractivity contribution in [3.05, 3.63) is 48.9 Å². The van der Waals surface area contributed by atoms with Crippen molar-refractivity contribution < 1.29 is 4.42 Å². The van der Waals surface area contributed by atoms with E-state index in [9.17, 15) is 0 Å². The minimum atomic E-state index is 0.511. The second kappa shape index (κ2) is 4.70. The zero-order chi connectivity index (χ0) is 12.2. The van der Waals surface area contributed by atoms with Gasteiger partial charge in [0.05, 0.1) is 6.54 Å². The van der Waals surface area contributed by atoms with Crippen molar-refractivity contribution in [1.82, 2.24) is 20.2 Å². The molecule has 0 aliphatic heterocycles. The summed E-state index contributed by atoms with van der Waals surface area (Å²) in [6, 6.07) is 7.79. The summed E-state index contributed by atoms with van der Waals surface area (Å²) < 4.78 is 5.16. The summed E-state index contributed by atoms with van der Waals surface area (Å²) in [7, 11) is 0. The highest BCUT2D eigenvalue weighted by atomic mass is 16.4. The highest BCUT2D eigenvalue weighted by Gasteiger charge is 2.04. The van der Waals surface area contributed by atoms with Gasteiger partial charge in [-0.2, -0.15) is 0 Å². The van der Waals surface area contributed by atoms with E-state index in [1.165, 1.54) is 6.39 Å². The molecule has 0 saturated carbocycles. The fourth-order valence-corrected chi connectivity index (χ4v) is 1.64. The van der Waals surface area contributed by atoms with Crippen molar-refractivity contribution in [1.29, 1.82) is 0 Å². The molecule has 0 atom stereocenters. The normalized spacial score (nSPS) is 10.4. The first-order chi connectivity index (χ1) is 8.92. The molecule has 0 saturated heterocycles. The number of nitrogens with one attached hydrogen (secondary N) is 2. The highest BCUT2D eigenvalue weighted by Crippen LogP contribution is 2.20. The van der Waals surface area contributed by atoms with Gasteiger partial charge in [0.2, 0.25) is 12.3 Å². The molecule has 3 rings (SSSR count). The Hall–Kier alpha value is -2.63. The van der Waals surface area contributed by atoms with Crippen molar-refractivity contribution in [3.8, 4) is 11.5 Å². The van der Waals surface area contributed by atoms with Crippen molar-refractivity contribution in [2.24, 2.45) is 0 Å². The smallest absolute Gasteiger partial charge is 0.247 e. The Morgan fingerprint density at radius 2 is 2.33 bits per heavy atom. The van der Waals surface area contributed by atoms with Gasteiger partial charge in [0, 0.05) is 23.6 Å². The molecule has 2 aromatic heterocycles. The van der Waals surface area contributed by atoms with Crippen LogP contribution >= 0.6 is 0 Å². The van der Waals surface area contributed by atoms with Gasteiger partial charge in [0.25, 0.3) is 0 Å². The molecule has 0 unspecified atom stereocenters. The summed E-state index contributed by atoms with van der Waals surface area (Å²) >= 11 is 0. The van der Waals surface area contributed by atoms with Gasteiger partial charge in [-0.25, -0.2) is 4.98 Å². The number of aromatic nitrogens is 4. The zero-order valence-corrected chi connectivity index (χ0v) is 9.50. The van der Waals surface area contributed by atoms with Crippen LogP contribution in [-0.4, -0.2) is 20.2 Å². The van der Waals surface area contributed by atoms with Crippen LogP contribution in [0.4, 0.5) is 5.69 Å². The SMILES string of the molecule is c1cc(NCc2ncc[nH]2)cc(-c2nnco2)c1. The first-order valence-corrected chi connectivity index (χ1v) is 5.50. The highest BCUT2D eigenvalue weighted by molar-refractivity contribution is 5.60. The molecule has 0 spiro atoms. The average molecular weight is 241 g/mol. The number of imidazole rings is 1. The fraction of sp³-hybridized carbons (Fsp3) is 0.0833. The monoisotopic (exact) mass is 241 g/mol. The van der Waals surface area contributed by atoms with E-state index in [2.05, 4.69) is 25.5 Å². The van der Waals surface area contributed by atoms with Gasteiger partial charge < -0.3 is 14.7 Å². The summed E-state index contributed by atoms with van der Waals surface area (Å²) in [6.07, 6.45) is 4.84. The molecule has 0 radical (unpaired) electrons. The molecule has 2 heterocycles. The predicted molar refractivity (Wildman–Crippen MR) is 65.6 cm³/mol. The summed E-state index contributed by atoms with van der Waals surface area (Å²) in [4.78, 5) is 7.18. The van der Waals surface area contributed by atoms with Gasteiger partial charge in [-0.15, -0.1) is 10.2 Å². The Labute approximate surface area is 103 Å². The molecule has 2 N–H and O–H groups in total. The van der Waals surface area contributed by atoms with Gasteiger partial charge in [-0.05, 0) is 18.2 Å². The maximum Gasteiger partial charge on any atom is 0.247 e. The second-order valence-electron chi connectivity index (χ2n) is 3.71. The Bertz CT molecular complexity index is 603. The van der Waals surface area contributed by atoms with E-state index in [0.29, 0.717) is 12.4 Å². The number of rotatable bonds is 4. The van der Waals surface area contributed by atoms with Crippen molar-refractivity contribution in [2.75, 3.05) is 5.32 Å². The van der Waals surface area contributed by atoms with Gasteiger partial charge in [-0.1, -0.05) is 6.07 Å². The molecule has 0 fully saturated rings. The lowest BCUT2D eigenvalue weighted by molar-refractivity contribution is 0.568. The fourth-order valence-electron chi connectivity index (χ4n) is 1.64. The summed E-state index contributed by atoms with van der Waals surface area (Å²) in [5.41, 5.74) is 1.86. The van der Waals surface area contributed by atoms with E-state index in [0.717, 1.165) is 17.1 Å². The maximum absolute atomic E-state index is 5.16. The largest absolute Gasteiger partial charge is 0.423 e. The predicted octanol–water partition coefficient (Wildman–Crippen LogP) is 2.07. The molecular weight excluding hydrogens is 230 g/mol. The molecule has 0 bridgehead atoms. The summed E-state index contributed by atoms with van der Waals surface area (Å²) in [5.74, 6) is 1.40. The molecule has 0 aliphatic carbocycles. The van der Waals surface area contributed by atoms with E-state index in [4.69, 9.17) is 4.42 Å². The molecule has 6 nitrogen and oxygen atoms in total. The van der Waals surface area contributed by atoms with Gasteiger partial charge in [0.15, 0.2) is 0 Å².